The number of amides is 1. The summed E-state index contributed by atoms with van der Waals surface area (Å²) in [7, 11) is 3.67. The third kappa shape index (κ3) is 5.30. The van der Waals surface area contributed by atoms with E-state index < -0.39 is 11.0 Å². The molecular formula is C31H41N5O4. The molecule has 2 aliphatic heterocycles. The van der Waals surface area contributed by atoms with Crippen molar-refractivity contribution in [2.75, 3.05) is 46.9 Å². The Morgan fingerprint density at radius 1 is 1.18 bits per heavy atom. The molecule has 1 unspecified atom stereocenters. The fraction of sp³-hybridized carbons (Fsp3) is 0.548. The minimum atomic E-state index is -1.24. The fourth-order valence-electron chi connectivity index (χ4n) is 6.35. The second-order valence-electron chi connectivity index (χ2n) is 12.0. The number of nitrogens with zero attached hydrogens (tertiary/aromatic N) is 5. The van der Waals surface area contributed by atoms with Crippen molar-refractivity contribution >= 4 is 5.91 Å². The number of hydrogen-bond donors (Lipinski definition) is 1. The molecule has 2 saturated heterocycles. The topological polar surface area (TPSA) is 105 Å². The molecular weight excluding hydrogens is 506 g/mol. The fourth-order valence-corrected chi connectivity index (χ4v) is 6.35. The van der Waals surface area contributed by atoms with Gasteiger partial charge in [-0.05, 0) is 43.0 Å². The number of piperidine rings is 1. The van der Waals surface area contributed by atoms with Crippen LogP contribution in [-0.4, -0.2) is 82.9 Å². The lowest BCUT2D eigenvalue weighted by Crippen LogP contribution is -2.63. The van der Waals surface area contributed by atoms with Gasteiger partial charge in [0, 0.05) is 68.1 Å². The lowest BCUT2D eigenvalue weighted by Gasteiger charge is -2.55. The normalized spacial score (nSPS) is 19.4. The van der Waals surface area contributed by atoms with Crippen LogP contribution >= 0.6 is 0 Å². The van der Waals surface area contributed by atoms with Gasteiger partial charge in [-0.1, -0.05) is 50.2 Å². The summed E-state index contributed by atoms with van der Waals surface area (Å²) in [6.07, 6.45) is 5.42. The minimum Gasteiger partial charge on any atom is -0.384 e. The van der Waals surface area contributed by atoms with Crippen molar-refractivity contribution in [3.05, 3.63) is 65.3 Å². The molecule has 4 heterocycles. The van der Waals surface area contributed by atoms with E-state index in [0.29, 0.717) is 54.9 Å². The first-order valence-electron chi connectivity index (χ1n) is 14.2. The van der Waals surface area contributed by atoms with Gasteiger partial charge in [0.1, 0.15) is 5.60 Å². The highest BCUT2D eigenvalue weighted by Gasteiger charge is 2.55. The molecule has 1 N–H and O–H groups in total. The van der Waals surface area contributed by atoms with Crippen molar-refractivity contribution in [2.45, 2.75) is 57.5 Å². The molecule has 0 saturated carbocycles. The number of aromatic nitrogens is 3. The van der Waals surface area contributed by atoms with E-state index in [4.69, 9.17) is 14.2 Å². The Kier molecular flexibility index (Phi) is 8.08. The average Bonchev–Trinajstić information content (AvgIpc) is 3.45. The Morgan fingerprint density at radius 2 is 1.88 bits per heavy atom. The van der Waals surface area contributed by atoms with Gasteiger partial charge in [0.2, 0.25) is 17.6 Å². The Bertz CT molecular complexity index is 1310. The molecule has 214 valence electrons. The van der Waals surface area contributed by atoms with Gasteiger partial charge in [-0.15, -0.1) is 0 Å². The predicted octanol–water partition coefficient (Wildman–Crippen LogP) is 4.19. The molecule has 5 rings (SSSR count). The lowest BCUT2D eigenvalue weighted by molar-refractivity contribution is -0.133. The highest BCUT2D eigenvalue weighted by molar-refractivity contribution is 5.76. The number of rotatable bonds is 9. The molecule has 1 atom stereocenters. The van der Waals surface area contributed by atoms with Crippen molar-refractivity contribution in [2.24, 2.45) is 5.41 Å². The van der Waals surface area contributed by atoms with E-state index in [1.54, 1.807) is 19.5 Å². The first kappa shape index (κ1) is 28.4. The number of ether oxygens (including phenoxy) is 1. The molecule has 9 heteroatoms. The summed E-state index contributed by atoms with van der Waals surface area (Å²) in [5.74, 6) is 1.66. The van der Waals surface area contributed by atoms with Crippen LogP contribution in [0.4, 0.5) is 0 Å². The lowest BCUT2D eigenvalue weighted by atomic mass is 9.62. The Balaban J connectivity index is 1.38. The average molecular weight is 548 g/mol. The van der Waals surface area contributed by atoms with E-state index in [9.17, 15) is 9.90 Å². The van der Waals surface area contributed by atoms with E-state index >= 15 is 0 Å². The summed E-state index contributed by atoms with van der Waals surface area (Å²) in [4.78, 5) is 25.7. The molecule has 1 aromatic carbocycles. The standard InChI is InChI=1S/C31H41N5O4/c1-21(2)22-6-8-25(9-7-22)31(38,30(3)19-35(4)20-30)26-16-24(17-32-18-26)28-33-29(40-34-28)23-10-13-36(14-11-23)27(37)12-15-39-5/h6-9,16-18,21,23,38H,10-15,19-20H2,1-5H3. The maximum absolute atomic E-state index is 12.5. The van der Waals surface area contributed by atoms with Crippen LogP contribution in [0, 0.1) is 5.41 Å². The monoisotopic (exact) mass is 547 g/mol. The van der Waals surface area contributed by atoms with Crippen LogP contribution in [0.1, 0.15) is 74.5 Å². The molecule has 2 fully saturated rings. The van der Waals surface area contributed by atoms with Crippen molar-refractivity contribution in [3.63, 3.8) is 0 Å². The zero-order valence-corrected chi connectivity index (χ0v) is 24.3. The third-order valence-corrected chi connectivity index (χ3v) is 8.68. The largest absolute Gasteiger partial charge is 0.384 e. The number of pyridine rings is 1. The van der Waals surface area contributed by atoms with Gasteiger partial charge < -0.3 is 24.2 Å². The minimum absolute atomic E-state index is 0.102. The molecule has 2 aliphatic rings. The molecule has 0 bridgehead atoms. The Labute approximate surface area is 236 Å². The number of methoxy groups -OCH3 is 1. The Morgan fingerprint density at radius 3 is 2.50 bits per heavy atom. The van der Waals surface area contributed by atoms with E-state index in [2.05, 4.69) is 55.0 Å². The van der Waals surface area contributed by atoms with Gasteiger partial charge >= 0.3 is 0 Å². The zero-order chi connectivity index (χ0) is 28.5. The molecule has 0 radical (unpaired) electrons. The van der Waals surface area contributed by atoms with Crippen molar-refractivity contribution < 1.29 is 19.2 Å². The maximum Gasteiger partial charge on any atom is 0.230 e. The van der Waals surface area contributed by atoms with Gasteiger partial charge in [-0.3, -0.25) is 9.78 Å². The van der Waals surface area contributed by atoms with Crippen LogP contribution in [0.5, 0.6) is 0 Å². The van der Waals surface area contributed by atoms with Gasteiger partial charge in [-0.2, -0.15) is 4.98 Å². The number of benzene rings is 1. The van der Waals surface area contributed by atoms with Gasteiger partial charge in [0.25, 0.3) is 0 Å². The second-order valence-corrected chi connectivity index (χ2v) is 12.0. The van der Waals surface area contributed by atoms with Crippen LogP contribution in [-0.2, 0) is 15.1 Å². The van der Waals surface area contributed by atoms with E-state index in [-0.39, 0.29) is 11.8 Å². The molecule has 2 aromatic heterocycles. The molecule has 1 amide bonds. The van der Waals surface area contributed by atoms with Crippen LogP contribution in [0.2, 0.25) is 0 Å². The molecule has 0 spiro atoms. The summed E-state index contributed by atoms with van der Waals surface area (Å²) in [6, 6.07) is 10.2. The van der Waals surface area contributed by atoms with Gasteiger partial charge in [0.15, 0.2) is 0 Å². The first-order chi connectivity index (χ1) is 19.1. The maximum atomic E-state index is 12.5. The van der Waals surface area contributed by atoms with Crippen molar-refractivity contribution in [1.82, 2.24) is 24.9 Å². The van der Waals surface area contributed by atoms with Crippen LogP contribution < -0.4 is 0 Å². The van der Waals surface area contributed by atoms with Crippen LogP contribution in [0.25, 0.3) is 11.4 Å². The summed E-state index contributed by atoms with van der Waals surface area (Å²) in [5, 5.41) is 16.8. The Hall–Kier alpha value is -3.14. The molecule has 0 aliphatic carbocycles. The quantitative estimate of drug-likeness (QED) is 0.425. The third-order valence-electron chi connectivity index (χ3n) is 8.68. The van der Waals surface area contributed by atoms with E-state index in [1.807, 2.05) is 23.1 Å². The number of likely N-dealkylation sites (tertiary alicyclic amines) is 2. The summed E-state index contributed by atoms with van der Waals surface area (Å²) in [6.45, 7) is 9.76. The smallest absolute Gasteiger partial charge is 0.230 e. The summed E-state index contributed by atoms with van der Waals surface area (Å²) < 4.78 is 10.7. The van der Waals surface area contributed by atoms with E-state index in [1.165, 1.54) is 5.56 Å². The summed E-state index contributed by atoms with van der Waals surface area (Å²) >= 11 is 0. The zero-order valence-electron chi connectivity index (χ0n) is 24.3. The van der Waals surface area contributed by atoms with Gasteiger partial charge in [0.05, 0.1) is 13.0 Å². The molecule has 3 aromatic rings. The van der Waals surface area contributed by atoms with Crippen molar-refractivity contribution in [1.29, 1.82) is 0 Å². The van der Waals surface area contributed by atoms with Crippen molar-refractivity contribution in [3.8, 4) is 11.4 Å². The van der Waals surface area contributed by atoms with Crippen LogP contribution in [0.15, 0.2) is 47.2 Å². The SMILES string of the molecule is COCCC(=O)N1CCC(c2nc(-c3cncc(C(O)(c4ccc(C(C)C)cc4)C4(C)CN(C)C4)c3)no2)CC1. The number of hydrogen-bond acceptors (Lipinski definition) is 8. The predicted molar refractivity (Wildman–Crippen MR) is 152 cm³/mol. The highest BCUT2D eigenvalue weighted by Crippen LogP contribution is 2.50. The number of aliphatic hydroxyl groups is 1. The molecule has 9 nitrogen and oxygen atoms in total. The van der Waals surface area contributed by atoms with Crippen LogP contribution in [0.3, 0.4) is 0 Å². The second kappa shape index (κ2) is 11.4. The molecule has 40 heavy (non-hydrogen) atoms. The first-order valence-corrected chi connectivity index (χ1v) is 14.2. The number of carbonyl (C=O) groups is 1. The highest BCUT2D eigenvalue weighted by atomic mass is 16.5. The van der Waals surface area contributed by atoms with E-state index in [0.717, 1.165) is 31.5 Å². The van der Waals surface area contributed by atoms with Gasteiger partial charge in [-0.25, -0.2) is 0 Å². The number of carbonyl (C=O) groups excluding carboxylic acids is 1. The summed E-state index contributed by atoms with van der Waals surface area (Å²) in [5.41, 5.74) is 1.87.